The Kier molecular flexibility index (Phi) is 4.49. The Hall–Kier alpha value is -1.37. The smallest absolute Gasteiger partial charge is 0.258 e. The zero-order valence-electron chi connectivity index (χ0n) is 13.5. The highest BCUT2D eigenvalue weighted by molar-refractivity contribution is 7.83. The minimum absolute atomic E-state index is 0.290. The molecule has 0 bridgehead atoms. The van der Waals surface area contributed by atoms with Crippen LogP contribution in [0.25, 0.3) is 0 Å². The van der Waals surface area contributed by atoms with Gasteiger partial charge in [0.25, 0.3) is 5.91 Å². The van der Waals surface area contributed by atoms with Gasteiger partial charge in [0.2, 0.25) is 0 Å². The van der Waals surface area contributed by atoms with Crippen LogP contribution in [-0.4, -0.2) is 19.9 Å². The zero-order chi connectivity index (χ0) is 17.6. The maximum Gasteiger partial charge on any atom is 0.258 e. The summed E-state index contributed by atoms with van der Waals surface area (Å²) in [5.74, 6) is 1.02. The topological polar surface area (TPSA) is 64.0 Å². The van der Waals surface area contributed by atoms with E-state index in [-0.39, 0.29) is 11.4 Å². The quantitative estimate of drug-likeness (QED) is 0.850. The van der Waals surface area contributed by atoms with Crippen molar-refractivity contribution in [3.63, 3.8) is 0 Å². The number of rotatable bonds is 2. The van der Waals surface area contributed by atoms with E-state index in [4.69, 9.17) is 23.2 Å². The second-order valence-electron chi connectivity index (χ2n) is 6.66. The lowest BCUT2D eigenvalue weighted by Gasteiger charge is -2.23. The highest BCUT2D eigenvalue weighted by Crippen LogP contribution is 2.33. The van der Waals surface area contributed by atoms with Crippen LogP contribution < -0.4 is 5.32 Å². The van der Waals surface area contributed by atoms with Gasteiger partial charge in [-0.2, -0.15) is 5.10 Å². The summed E-state index contributed by atoms with van der Waals surface area (Å²) in [5, 5.41) is 8.18. The van der Waals surface area contributed by atoms with E-state index in [1.54, 1.807) is 16.8 Å². The summed E-state index contributed by atoms with van der Waals surface area (Å²) in [7, 11) is -0.975. The van der Waals surface area contributed by atoms with Gasteiger partial charge in [-0.15, -0.1) is 0 Å². The second kappa shape index (κ2) is 6.17. The average Bonchev–Trinajstić information content (AvgIpc) is 2.98. The first kappa shape index (κ1) is 17.5. The molecule has 128 valence electrons. The average molecular weight is 386 g/mol. The first-order valence-electron chi connectivity index (χ1n) is 7.39. The van der Waals surface area contributed by atoms with Crippen molar-refractivity contribution < 1.29 is 9.00 Å². The van der Waals surface area contributed by atoms with Crippen LogP contribution in [0.1, 0.15) is 42.4 Å². The fourth-order valence-corrected chi connectivity index (χ4v) is 4.23. The molecular weight excluding hydrogens is 369 g/mol. The van der Waals surface area contributed by atoms with E-state index in [9.17, 15) is 9.00 Å². The predicted molar refractivity (Wildman–Crippen MR) is 97.2 cm³/mol. The van der Waals surface area contributed by atoms with Gasteiger partial charge in [-0.1, -0.05) is 23.2 Å². The van der Waals surface area contributed by atoms with Crippen molar-refractivity contribution in [1.29, 1.82) is 0 Å². The van der Waals surface area contributed by atoms with Gasteiger partial charge < -0.3 is 5.32 Å². The van der Waals surface area contributed by atoms with Crippen LogP contribution in [0.15, 0.2) is 18.2 Å². The number of hydrogen-bond donors (Lipinski definition) is 1. The molecule has 24 heavy (non-hydrogen) atoms. The molecule has 0 saturated heterocycles. The Labute approximate surface area is 152 Å². The summed E-state index contributed by atoms with van der Waals surface area (Å²) in [6.45, 7) is 5.98. The van der Waals surface area contributed by atoms with Crippen LogP contribution in [0, 0.1) is 0 Å². The first-order chi connectivity index (χ1) is 11.2. The van der Waals surface area contributed by atoms with Crippen LogP contribution in [0.2, 0.25) is 10.0 Å². The SMILES string of the molecule is CC(C)(C)n1nc2c(c1NC(=O)c1cc(Cl)ccc1Cl)C[S@@](=O)C2. The van der Waals surface area contributed by atoms with E-state index < -0.39 is 10.8 Å². The van der Waals surface area contributed by atoms with Crippen molar-refractivity contribution in [2.75, 3.05) is 5.32 Å². The molecule has 1 aromatic heterocycles. The standard InChI is InChI=1S/C16H17Cl2N3O2S/c1-16(2,3)21-14(11-7-24(23)8-13(11)20-21)19-15(22)10-6-9(17)4-5-12(10)18/h4-6H,7-8H2,1-3H3,(H,19,22)/t24-/m1/s1. The van der Waals surface area contributed by atoms with E-state index in [0.717, 1.165) is 11.3 Å². The van der Waals surface area contributed by atoms with Crippen molar-refractivity contribution in [2.24, 2.45) is 0 Å². The molecule has 2 aromatic rings. The Morgan fingerprint density at radius 1 is 1.29 bits per heavy atom. The monoisotopic (exact) mass is 385 g/mol. The number of fused-ring (bicyclic) bond motifs is 1. The first-order valence-corrected chi connectivity index (χ1v) is 9.64. The third-order valence-electron chi connectivity index (χ3n) is 3.71. The van der Waals surface area contributed by atoms with Gasteiger partial charge in [0.15, 0.2) is 0 Å². The van der Waals surface area contributed by atoms with Gasteiger partial charge in [0.1, 0.15) is 5.82 Å². The number of aromatic nitrogens is 2. The molecule has 0 saturated carbocycles. The molecule has 0 unspecified atom stereocenters. The largest absolute Gasteiger partial charge is 0.306 e. The summed E-state index contributed by atoms with van der Waals surface area (Å²) in [6.07, 6.45) is 0. The van der Waals surface area contributed by atoms with Crippen LogP contribution in [-0.2, 0) is 27.8 Å². The Morgan fingerprint density at radius 2 is 2.00 bits per heavy atom. The lowest BCUT2D eigenvalue weighted by molar-refractivity contribution is 0.102. The van der Waals surface area contributed by atoms with Crippen molar-refractivity contribution in [3.05, 3.63) is 45.1 Å². The van der Waals surface area contributed by atoms with Gasteiger partial charge in [-0.05, 0) is 39.0 Å². The molecule has 1 atom stereocenters. The number of amides is 1. The molecule has 0 fully saturated rings. The Bertz CT molecular complexity index is 856. The normalized spacial score (nSPS) is 17.0. The molecular formula is C16H17Cl2N3O2S. The third kappa shape index (κ3) is 3.23. The fourth-order valence-electron chi connectivity index (χ4n) is 2.59. The van der Waals surface area contributed by atoms with E-state index in [2.05, 4.69) is 10.4 Å². The van der Waals surface area contributed by atoms with Crippen molar-refractivity contribution in [3.8, 4) is 0 Å². The van der Waals surface area contributed by atoms with Crippen molar-refractivity contribution in [2.45, 2.75) is 37.8 Å². The van der Waals surface area contributed by atoms with E-state index in [1.807, 2.05) is 20.8 Å². The van der Waals surface area contributed by atoms with Crippen LogP contribution in [0.3, 0.4) is 0 Å². The van der Waals surface area contributed by atoms with Gasteiger partial charge in [0, 0.05) is 21.4 Å². The summed E-state index contributed by atoms with van der Waals surface area (Å²) >= 11 is 12.1. The molecule has 1 N–H and O–H groups in total. The number of nitrogens with one attached hydrogen (secondary N) is 1. The number of halogens is 2. The predicted octanol–water partition coefficient (Wildman–Crippen LogP) is 3.96. The second-order valence-corrected chi connectivity index (χ2v) is 8.96. The highest BCUT2D eigenvalue weighted by atomic mass is 35.5. The highest BCUT2D eigenvalue weighted by Gasteiger charge is 2.31. The Balaban J connectivity index is 2.02. The lowest BCUT2D eigenvalue weighted by atomic mass is 10.1. The van der Waals surface area contributed by atoms with E-state index >= 15 is 0 Å². The van der Waals surface area contributed by atoms with Crippen LogP contribution >= 0.6 is 23.2 Å². The molecule has 3 rings (SSSR count). The number of carbonyl (C=O) groups excluding carboxylic acids is 1. The van der Waals surface area contributed by atoms with Gasteiger partial charge in [-0.3, -0.25) is 9.00 Å². The minimum Gasteiger partial charge on any atom is -0.306 e. The number of benzene rings is 1. The molecule has 5 nitrogen and oxygen atoms in total. The van der Waals surface area contributed by atoms with E-state index in [1.165, 1.54) is 6.07 Å². The van der Waals surface area contributed by atoms with Crippen molar-refractivity contribution >= 4 is 45.7 Å². The molecule has 2 heterocycles. The van der Waals surface area contributed by atoms with Crippen molar-refractivity contribution in [1.82, 2.24) is 9.78 Å². The molecule has 0 spiro atoms. The summed E-state index contributed by atoms with van der Waals surface area (Å²) in [4.78, 5) is 12.7. The van der Waals surface area contributed by atoms with Gasteiger partial charge in [-0.25, -0.2) is 4.68 Å². The van der Waals surface area contributed by atoms with Crippen LogP contribution in [0.4, 0.5) is 5.82 Å². The molecule has 0 radical (unpaired) electrons. The third-order valence-corrected chi connectivity index (χ3v) is 5.48. The number of carbonyl (C=O) groups is 1. The lowest BCUT2D eigenvalue weighted by Crippen LogP contribution is -2.27. The summed E-state index contributed by atoms with van der Waals surface area (Å²) in [5.41, 5.74) is 1.57. The number of hydrogen-bond acceptors (Lipinski definition) is 3. The van der Waals surface area contributed by atoms with E-state index in [0.29, 0.717) is 32.9 Å². The zero-order valence-corrected chi connectivity index (χ0v) is 15.8. The maximum atomic E-state index is 12.7. The molecule has 1 aliphatic rings. The number of anilines is 1. The van der Waals surface area contributed by atoms with Gasteiger partial charge in [0.05, 0.1) is 33.3 Å². The Morgan fingerprint density at radius 3 is 2.67 bits per heavy atom. The summed E-state index contributed by atoms with van der Waals surface area (Å²) in [6, 6.07) is 4.73. The molecule has 1 aromatic carbocycles. The number of nitrogens with zero attached hydrogens (tertiary/aromatic N) is 2. The molecule has 0 aliphatic carbocycles. The van der Waals surface area contributed by atoms with Crippen LogP contribution in [0.5, 0.6) is 0 Å². The fraction of sp³-hybridized carbons (Fsp3) is 0.375. The molecule has 1 amide bonds. The maximum absolute atomic E-state index is 12.7. The minimum atomic E-state index is -0.975. The molecule has 1 aliphatic heterocycles. The molecule has 8 heteroatoms. The van der Waals surface area contributed by atoms with Gasteiger partial charge >= 0.3 is 0 Å². The summed E-state index contributed by atoms with van der Waals surface area (Å²) < 4.78 is 13.6.